The third-order valence-electron chi connectivity index (χ3n) is 2.59. The second-order valence-electron chi connectivity index (χ2n) is 3.66. The smallest absolute Gasteiger partial charge is 0.275 e. The van der Waals surface area contributed by atoms with Crippen LogP contribution < -0.4 is 0 Å². The largest absolute Gasteiger partial charge is 0.299 e. The van der Waals surface area contributed by atoms with Gasteiger partial charge in [-0.1, -0.05) is 0 Å². The molecule has 0 aromatic heterocycles. The average Bonchev–Trinajstić information content (AvgIpc) is 2.03. The van der Waals surface area contributed by atoms with Crippen LogP contribution in [0.5, 0.6) is 0 Å². The zero-order chi connectivity index (χ0) is 9.35. The van der Waals surface area contributed by atoms with E-state index in [-0.39, 0.29) is 6.54 Å². The maximum Gasteiger partial charge on any atom is 0.275 e. The molecule has 1 aliphatic heterocycles. The molecule has 1 saturated heterocycles. The summed E-state index contributed by atoms with van der Waals surface area (Å²) in [5.41, 5.74) is 0. The predicted octanol–water partition coefficient (Wildman–Crippen LogP) is 0.887. The maximum atomic E-state index is 13.3. The van der Waals surface area contributed by atoms with E-state index in [0.717, 1.165) is 6.54 Å². The maximum absolute atomic E-state index is 13.3. The highest BCUT2D eigenvalue weighted by Gasteiger charge is 2.41. The van der Waals surface area contributed by atoms with Crippen LogP contribution >= 0.6 is 0 Å². The minimum Gasteiger partial charge on any atom is -0.299 e. The molecular formula is C8H16F2N2. The fourth-order valence-electron chi connectivity index (χ4n) is 1.42. The molecule has 0 saturated carbocycles. The first-order valence-electron chi connectivity index (χ1n) is 4.20. The van der Waals surface area contributed by atoms with Gasteiger partial charge < -0.3 is 0 Å². The van der Waals surface area contributed by atoms with E-state index in [1.807, 2.05) is 0 Å². The number of hydrogen-bond donors (Lipinski definition) is 0. The molecule has 1 unspecified atom stereocenters. The minimum atomic E-state index is -2.58. The molecule has 0 N–H and O–H groups in total. The minimum absolute atomic E-state index is 0.126. The Morgan fingerprint density at radius 2 is 1.83 bits per heavy atom. The van der Waals surface area contributed by atoms with Crippen LogP contribution in [-0.4, -0.2) is 55.5 Å². The molecule has 0 aromatic carbocycles. The predicted molar refractivity (Wildman–Crippen MR) is 44.5 cm³/mol. The van der Waals surface area contributed by atoms with Gasteiger partial charge in [-0.3, -0.25) is 9.80 Å². The highest BCUT2D eigenvalue weighted by atomic mass is 19.3. The first-order chi connectivity index (χ1) is 5.43. The van der Waals surface area contributed by atoms with Crippen molar-refractivity contribution in [2.45, 2.75) is 18.9 Å². The van der Waals surface area contributed by atoms with Crippen molar-refractivity contribution in [1.82, 2.24) is 9.80 Å². The lowest BCUT2D eigenvalue weighted by atomic mass is 10.1. The highest BCUT2D eigenvalue weighted by Crippen LogP contribution is 2.25. The van der Waals surface area contributed by atoms with Gasteiger partial charge in [-0.25, -0.2) is 8.78 Å². The first kappa shape index (κ1) is 9.86. The molecular weight excluding hydrogens is 162 g/mol. The van der Waals surface area contributed by atoms with E-state index >= 15 is 0 Å². The molecule has 0 aromatic rings. The molecule has 0 radical (unpaired) electrons. The van der Waals surface area contributed by atoms with Gasteiger partial charge in [-0.05, 0) is 21.0 Å². The summed E-state index contributed by atoms with van der Waals surface area (Å²) in [7, 11) is 3.48. The van der Waals surface area contributed by atoms with Crippen LogP contribution in [0, 0.1) is 0 Å². The Morgan fingerprint density at radius 1 is 1.25 bits per heavy atom. The second kappa shape index (κ2) is 3.26. The van der Waals surface area contributed by atoms with Gasteiger partial charge in [-0.2, -0.15) is 0 Å². The lowest BCUT2D eigenvalue weighted by Gasteiger charge is -2.28. The molecule has 1 heterocycles. The van der Waals surface area contributed by atoms with E-state index in [1.165, 1.54) is 0 Å². The first-order valence-corrected chi connectivity index (χ1v) is 4.20. The Hall–Kier alpha value is -0.220. The van der Waals surface area contributed by atoms with Crippen molar-refractivity contribution in [2.75, 3.05) is 33.7 Å². The monoisotopic (exact) mass is 178 g/mol. The summed E-state index contributed by atoms with van der Waals surface area (Å²) in [6.45, 7) is 2.89. The molecule has 2 nitrogen and oxygen atoms in total. The van der Waals surface area contributed by atoms with Gasteiger partial charge in [0.2, 0.25) is 0 Å². The molecule has 1 fully saturated rings. The van der Waals surface area contributed by atoms with Crippen LogP contribution in [0.1, 0.15) is 6.92 Å². The molecule has 0 amide bonds. The molecule has 72 valence electrons. The summed E-state index contributed by atoms with van der Waals surface area (Å²) in [5.74, 6) is -2.58. The summed E-state index contributed by atoms with van der Waals surface area (Å²) in [6, 6.07) is -0.651. The van der Waals surface area contributed by atoms with E-state index in [9.17, 15) is 8.78 Å². The van der Waals surface area contributed by atoms with Crippen molar-refractivity contribution < 1.29 is 8.78 Å². The lowest BCUT2D eigenvalue weighted by molar-refractivity contribution is -0.0676. The second-order valence-corrected chi connectivity index (χ2v) is 3.66. The van der Waals surface area contributed by atoms with E-state index in [1.54, 1.807) is 30.8 Å². The molecule has 0 spiro atoms. The van der Waals surface area contributed by atoms with Gasteiger partial charge >= 0.3 is 0 Å². The van der Waals surface area contributed by atoms with Crippen molar-refractivity contribution >= 4 is 0 Å². The van der Waals surface area contributed by atoms with E-state index in [0.29, 0.717) is 6.54 Å². The SMILES string of the molecule is CC1N(C)CCN(C)CC1(F)F. The Kier molecular flexibility index (Phi) is 2.68. The molecule has 0 aliphatic carbocycles. The van der Waals surface area contributed by atoms with Crippen LogP contribution in [0.25, 0.3) is 0 Å². The van der Waals surface area contributed by atoms with E-state index in [2.05, 4.69) is 0 Å². The number of likely N-dealkylation sites (N-methyl/N-ethyl adjacent to an activating group) is 2. The fourth-order valence-corrected chi connectivity index (χ4v) is 1.42. The standard InChI is InChI=1S/C8H16F2N2/c1-7-8(9,10)6-11(2)4-5-12(7)3/h7H,4-6H2,1-3H3. The zero-order valence-electron chi connectivity index (χ0n) is 7.85. The van der Waals surface area contributed by atoms with Crippen LogP contribution in [0.3, 0.4) is 0 Å². The van der Waals surface area contributed by atoms with E-state index < -0.39 is 12.0 Å². The van der Waals surface area contributed by atoms with Gasteiger partial charge in [0.15, 0.2) is 0 Å². The number of halogens is 2. The topological polar surface area (TPSA) is 6.48 Å². The Bertz CT molecular complexity index is 161. The van der Waals surface area contributed by atoms with Crippen LogP contribution in [0.4, 0.5) is 8.78 Å². The molecule has 1 atom stereocenters. The Morgan fingerprint density at radius 3 is 2.42 bits per heavy atom. The van der Waals surface area contributed by atoms with E-state index in [4.69, 9.17) is 0 Å². The number of hydrogen-bond acceptors (Lipinski definition) is 2. The number of nitrogens with zero attached hydrogens (tertiary/aromatic N) is 2. The van der Waals surface area contributed by atoms with Crippen molar-refractivity contribution in [3.63, 3.8) is 0 Å². The van der Waals surface area contributed by atoms with Gasteiger partial charge in [0.1, 0.15) is 0 Å². The third-order valence-corrected chi connectivity index (χ3v) is 2.59. The molecule has 4 heteroatoms. The Balaban J connectivity index is 2.72. The highest BCUT2D eigenvalue weighted by molar-refractivity contribution is 4.86. The fraction of sp³-hybridized carbons (Fsp3) is 1.00. The van der Waals surface area contributed by atoms with Gasteiger partial charge in [0.05, 0.1) is 12.6 Å². The summed E-state index contributed by atoms with van der Waals surface area (Å²) < 4.78 is 26.6. The van der Waals surface area contributed by atoms with Crippen LogP contribution in [0.2, 0.25) is 0 Å². The summed E-state index contributed by atoms with van der Waals surface area (Å²) in [5, 5.41) is 0. The molecule has 1 rings (SSSR count). The number of rotatable bonds is 0. The summed E-state index contributed by atoms with van der Waals surface area (Å²) in [4.78, 5) is 3.39. The Labute approximate surface area is 72.1 Å². The van der Waals surface area contributed by atoms with Crippen LogP contribution in [0.15, 0.2) is 0 Å². The van der Waals surface area contributed by atoms with Crippen LogP contribution in [-0.2, 0) is 0 Å². The number of alkyl halides is 2. The van der Waals surface area contributed by atoms with Gasteiger partial charge in [-0.15, -0.1) is 0 Å². The third kappa shape index (κ3) is 1.93. The normalized spacial score (nSPS) is 33.2. The van der Waals surface area contributed by atoms with Crippen molar-refractivity contribution in [3.05, 3.63) is 0 Å². The summed E-state index contributed by atoms with van der Waals surface area (Å²) >= 11 is 0. The molecule has 1 aliphatic rings. The van der Waals surface area contributed by atoms with Crippen molar-refractivity contribution in [3.8, 4) is 0 Å². The van der Waals surface area contributed by atoms with Gasteiger partial charge in [0, 0.05) is 13.1 Å². The summed E-state index contributed by atoms with van der Waals surface area (Å²) in [6.07, 6.45) is 0. The zero-order valence-corrected chi connectivity index (χ0v) is 7.85. The van der Waals surface area contributed by atoms with Crippen molar-refractivity contribution in [1.29, 1.82) is 0 Å². The molecule has 12 heavy (non-hydrogen) atoms. The average molecular weight is 178 g/mol. The van der Waals surface area contributed by atoms with Gasteiger partial charge in [0.25, 0.3) is 5.92 Å². The lowest BCUT2D eigenvalue weighted by Crippen LogP contribution is -2.45. The van der Waals surface area contributed by atoms with Crippen molar-refractivity contribution in [2.24, 2.45) is 0 Å². The quantitative estimate of drug-likeness (QED) is 0.543. The molecule has 0 bridgehead atoms.